The van der Waals surface area contributed by atoms with Crippen LogP contribution in [0.5, 0.6) is 0 Å². The first-order valence-electron chi connectivity index (χ1n) is 7.11. The third kappa shape index (κ3) is 3.58. The Kier molecular flexibility index (Phi) is 4.49. The van der Waals surface area contributed by atoms with E-state index >= 15 is 0 Å². The summed E-state index contributed by atoms with van der Waals surface area (Å²) >= 11 is 0. The highest BCUT2D eigenvalue weighted by Gasteiger charge is 2.47. The molecule has 0 spiro atoms. The van der Waals surface area contributed by atoms with Crippen molar-refractivity contribution < 1.29 is 15.0 Å². The van der Waals surface area contributed by atoms with Gasteiger partial charge in [-0.15, -0.1) is 10.3 Å². The van der Waals surface area contributed by atoms with Crippen molar-refractivity contribution in [2.45, 2.75) is 64.3 Å². The molecule has 0 aromatic heterocycles. The van der Waals surface area contributed by atoms with E-state index in [0.29, 0.717) is 19.4 Å². The molecule has 4 heteroatoms. The summed E-state index contributed by atoms with van der Waals surface area (Å²) in [5.41, 5.74) is 0.220. The molecule has 0 bridgehead atoms. The van der Waals surface area contributed by atoms with Crippen LogP contribution in [-0.2, 0) is 21.6 Å². The van der Waals surface area contributed by atoms with E-state index in [4.69, 9.17) is 9.78 Å². The highest BCUT2D eigenvalue weighted by Crippen LogP contribution is 2.38. The van der Waals surface area contributed by atoms with E-state index < -0.39 is 11.1 Å². The van der Waals surface area contributed by atoms with Crippen LogP contribution >= 0.6 is 0 Å². The maximum Gasteiger partial charge on any atom is 0.107 e. The van der Waals surface area contributed by atoms with Gasteiger partial charge in [0.1, 0.15) is 6.61 Å². The monoisotopic (exact) mass is 278 g/mol. The largest absolute Gasteiger partial charge is 0.233 e. The molecule has 2 rings (SSSR count). The lowest BCUT2D eigenvalue weighted by Gasteiger charge is -2.49. The first kappa shape index (κ1) is 15.4. The minimum Gasteiger partial charge on any atom is -0.233 e. The van der Waals surface area contributed by atoms with Crippen molar-refractivity contribution in [3.05, 3.63) is 35.9 Å². The van der Waals surface area contributed by atoms with Gasteiger partial charge in [-0.1, -0.05) is 30.3 Å². The summed E-state index contributed by atoms with van der Waals surface area (Å²) in [4.78, 5) is 10.9. The minimum atomic E-state index is -0.428. The topological polar surface area (TPSA) is 41.6 Å². The summed E-state index contributed by atoms with van der Waals surface area (Å²) in [6.07, 6.45) is 1.30. The van der Waals surface area contributed by atoms with Gasteiger partial charge in [-0.2, -0.15) is 0 Å². The molecule has 1 radical (unpaired) electrons. The molecule has 1 aliphatic heterocycles. The van der Waals surface area contributed by atoms with Gasteiger partial charge in [0.25, 0.3) is 0 Å². The zero-order valence-corrected chi connectivity index (χ0v) is 12.8. The summed E-state index contributed by atoms with van der Waals surface area (Å²) in [6.45, 7) is 8.24. The minimum absolute atomic E-state index is 0.0473. The quantitative estimate of drug-likeness (QED) is 0.625. The predicted octanol–water partition coefficient (Wildman–Crippen LogP) is 3.50. The van der Waals surface area contributed by atoms with Crippen molar-refractivity contribution in [1.29, 1.82) is 0 Å². The fourth-order valence-corrected chi connectivity index (χ4v) is 3.01. The average Bonchev–Trinajstić information content (AvgIpc) is 2.36. The van der Waals surface area contributed by atoms with Gasteiger partial charge >= 0.3 is 0 Å². The Morgan fingerprint density at radius 1 is 1.10 bits per heavy atom. The Balaban J connectivity index is 1.87. The van der Waals surface area contributed by atoms with Gasteiger partial charge in [-0.05, 0) is 46.1 Å². The van der Waals surface area contributed by atoms with E-state index in [1.165, 1.54) is 5.06 Å². The molecule has 20 heavy (non-hydrogen) atoms. The van der Waals surface area contributed by atoms with Crippen LogP contribution in [0.25, 0.3) is 0 Å². The zero-order chi connectivity index (χ0) is 14.8. The van der Waals surface area contributed by atoms with Crippen molar-refractivity contribution in [1.82, 2.24) is 5.06 Å². The molecule has 0 aliphatic carbocycles. The molecule has 1 aromatic carbocycles. The van der Waals surface area contributed by atoms with Crippen LogP contribution in [0.1, 0.15) is 46.1 Å². The predicted molar refractivity (Wildman–Crippen MR) is 76.0 cm³/mol. The third-order valence-electron chi connectivity index (χ3n) is 3.83. The second-order valence-corrected chi connectivity index (χ2v) is 6.79. The van der Waals surface area contributed by atoms with E-state index in [2.05, 4.69) is 0 Å². The standard InChI is InChI=1S/C16H24NO3/c1-15(2)10-14(11-16(3,4)17(15)18)20-19-12-13-8-6-5-7-9-13/h5-9,14H,10-12H2,1-4H3. The molecule has 0 atom stereocenters. The Labute approximate surface area is 121 Å². The van der Waals surface area contributed by atoms with Crippen molar-refractivity contribution in [2.75, 3.05) is 0 Å². The fourth-order valence-electron chi connectivity index (χ4n) is 3.01. The van der Waals surface area contributed by atoms with E-state index in [-0.39, 0.29) is 6.10 Å². The fraction of sp³-hybridized carbons (Fsp3) is 0.625. The maximum absolute atomic E-state index is 12.2. The van der Waals surface area contributed by atoms with Crippen LogP contribution in [0.4, 0.5) is 0 Å². The van der Waals surface area contributed by atoms with Crippen molar-refractivity contribution in [3.8, 4) is 0 Å². The number of nitrogens with zero attached hydrogens (tertiary/aromatic N) is 1. The summed E-state index contributed by atoms with van der Waals surface area (Å²) in [5, 5.41) is 13.4. The van der Waals surface area contributed by atoms with E-state index in [1.54, 1.807) is 0 Å². The molecule has 111 valence electrons. The molecule has 1 heterocycles. The van der Waals surface area contributed by atoms with Crippen LogP contribution in [0.2, 0.25) is 0 Å². The summed E-state index contributed by atoms with van der Waals surface area (Å²) in [5.74, 6) is 0. The van der Waals surface area contributed by atoms with Gasteiger partial charge in [-0.25, -0.2) is 9.78 Å². The van der Waals surface area contributed by atoms with Crippen molar-refractivity contribution in [3.63, 3.8) is 0 Å². The number of rotatable bonds is 4. The van der Waals surface area contributed by atoms with Crippen molar-refractivity contribution >= 4 is 0 Å². The molecule has 0 N–H and O–H groups in total. The van der Waals surface area contributed by atoms with Crippen LogP contribution < -0.4 is 0 Å². The van der Waals surface area contributed by atoms with Gasteiger partial charge < -0.3 is 0 Å². The molecule has 4 nitrogen and oxygen atoms in total. The van der Waals surface area contributed by atoms with Crippen molar-refractivity contribution in [2.24, 2.45) is 0 Å². The van der Waals surface area contributed by atoms with Crippen LogP contribution in [0.3, 0.4) is 0 Å². The Hall–Kier alpha value is -0.940. The van der Waals surface area contributed by atoms with Crippen LogP contribution in [-0.4, -0.2) is 22.2 Å². The smallest absolute Gasteiger partial charge is 0.107 e. The molecular formula is C16H24NO3. The number of piperidine rings is 1. The zero-order valence-electron chi connectivity index (χ0n) is 12.8. The molecule has 1 aromatic rings. The lowest BCUT2D eigenvalue weighted by molar-refractivity contribution is -0.372. The maximum atomic E-state index is 12.2. The van der Waals surface area contributed by atoms with E-state index in [0.717, 1.165) is 5.56 Å². The number of hydroxylamine groups is 2. The van der Waals surface area contributed by atoms with Gasteiger partial charge in [0.05, 0.1) is 6.10 Å². The Morgan fingerprint density at radius 3 is 2.20 bits per heavy atom. The molecule has 0 amide bonds. The van der Waals surface area contributed by atoms with Gasteiger partial charge in [0, 0.05) is 11.1 Å². The average molecular weight is 278 g/mol. The van der Waals surface area contributed by atoms with Gasteiger partial charge in [-0.3, -0.25) is 0 Å². The Morgan fingerprint density at radius 2 is 1.65 bits per heavy atom. The summed E-state index contributed by atoms with van der Waals surface area (Å²) in [7, 11) is 0. The molecular weight excluding hydrogens is 254 g/mol. The van der Waals surface area contributed by atoms with Crippen LogP contribution in [0, 0.1) is 0 Å². The highest BCUT2D eigenvalue weighted by atomic mass is 17.2. The first-order chi connectivity index (χ1) is 9.31. The normalized spacial score (nSPS) is 22.9. The van der Waals surface area contributed by atoms with E-state index in [1.807, 2.05) is 58.0 Å². The first-order valence-corrected chi connectivity index (χ1v) is 7.11. The second kappa shape index (κ2) is 5.82. The summed E-state index contributed by atoms with van der Waals surface area (Å²) < 4.78 is 0. The van der Waals surface area contributed by atoms with Gasteiger partial charge in [0.15, 0.2) is 0 Å². The lowest BCUT2D eigenvalue weighted by Crippen LogP contribution is -2.59. The summed E-state index contributed by atoms with van der Waals surface area (Å²) in [6, 6.07) is 9.91. The Bertz CT molecular complexity index is 413. The van der Waals surface area contributed by atoms with E-state index in [9.17, 15) is 5.21 Å². The number of hydrogen-bond acceptors (Lipinski definition) is 3. The number of benzene rings is 1. The highest BCUT2D eigenvalue weighted by molar-refractivity contribution is 5.13. The molecule has 1 fully saturated rings. The number of hydrogen-bond donors (Lipinski definition) is 0. The molecule has 1 aliphatic rings. The second-order valence-electron chi connectivity index (χ2n) is 6.79. The van der Waals surface area contributed by atoms with Crippen LogP contribution in [0.15, 0.2) is 30.3 Å². The molecule has 0 unspecified atom stereocenters. The van der Waals surface area contributed by atoms with Gasteiger partial charge in [0.2, 0.25) is 0 Å². The lowest BCUT2D eigenvalue weighted by atomic mass is 9.80. The SMILES string of the molecule is CC1(C)CC(OOCc2ccccc2)CC(C)(C)N1[O]. The molecule has 0 saturated carbocycles. The molecule has 1 saturated heterocycles. The third-order valence-corrected chi connectivity index (χ3v) is 3.83.